The molecule has 0 aliphatic rings. The van der Waals surface area contributed by atoms with Crippen molar-refractivity contribution in [1.82, 2.24) is 15.5 Å². The molecule has 4 heteroatoms. The van der Waals surface area contributed by atoms with Gasteiger partial charge in [-0.3, -0.25) is 5.10 Å². The predicted molar refractivity (Wildman–Crippen MR) is 74.5 cm³/mol. The maximum Gasteiger partial charge on any atom is 0.127 e. The number of aryl methyl sites for hydroxylation is 2. The summed E-state index contributed by atoms with van der Waals surface area (Å²) in [5, 5.41) is 10.3. The second-order valence-corrected chi connectivity index (χ2v) is 4.82. The van der Waals surface area contributed by atoms with Gasteiger partial charge in [0.2, 0.25) is 0 Å². The minimum Gasteiger partial charge on any atom is -0.310 e. The third-order valence-electron chi connectivity index (χ3n) is 3.38. The van der Waals surface area contributed by atoms with Gasteiger partial charge in [0.15, 0.2) is 0 Å². The molecule has 0 bridgehead atoms. The molecule has 1 aromatic carbocycles. The van der Waals surface area contributed by atoms with Crippen molar-refractivity contribution < 1.29 is 4.39 Å². The molecule has 0 saturated carbocycles. The lowest BCUT2D eigenvalue weighted by Crippen LogP contribution is -2.21. The van der Waals surface area contributed by atoms with Gasteiger partial charge in [0.25, 0.3) is 0 Å². The third-order valence-corrected chi connectivity index (χ3v) is 3.38. The molecule has 1 aromatic heterocycles. The zero-order valence-corrected chi connectivity index (χ0v) is 11.4. The van der Waals surface area contributed by atoms with Crippen LogP contribution < -0.4 is 5.32 Å². The van der Waals surface area contributed by atoms with Crippen LogP contribution >= 0.6 is 0 Å². The third kappa shape index (κ3) is 3.64. The van der Waals surface area contributed by atoms with E-state index in [-0.39, 0.29) is 11.9 Å². The first-order valence-corrected chi connectivity index (χ1v) is 6.65. The van der Waals surface area contributed by atoms with Crippen LogP contribution in [0.3, 0.4) is 0 Å². The van der Waals surface area contributed by atoms with E-state index in [2.05, 4.69) is 15.5 Å². The van der Waals surface area contributed by atoms with E-state index in [0.717, 1.165) is 30.6 Å². The number of nitrogens with one attached hydrogen (secondary N) is 2. The lowest BCUT2D eigenvalue weighted by atomic mass is 10.1. The zero-order valence-electron chi connectivity index (χ0n) is 11.4. The number of nitrogens with zero attached hydrogens (tertiary/aromatic N) is 1. The molecule has 0 aliphatic carbocycles. The molecule has 0 saturated heterocycles. The first-order valence-electron chi connectivity index (χ1n) is 6.65. The molecule has 3 nitrogen and oxygen atoms in total. The molecule has 1 unspecified atom stereocenters. The van der Waals surface area contributed by atoms with Gasteiger partial charge in [-0.1, -0.05) is 18.2 Å². The minimum atomic E-state index is -0.145. The maximum atomic E-state index is 13.6. The van der Waals surface area contributed by atoms with Crippen LogP contribution in [0, 0.1) is 12.7 Å². The van der Waals surface area contributed by atoms with E-state index in [1.807, 2.05) is 32.2 Å². The number of aromatic amines is 1. The molecule has 0 radical (unpaired) electrons. The highest BCUT2D eigenvalue weighted by molar-refractivity contribution is 5.20. The molecule has 102 valence electrons. The average Bonchev–Trinajstić information content (AvgIpc) is 2.80. The summed E-state index contributed by atoms with van der Waals surface area (Å²) in [7, 11) is 0. The number of halogens is 1. The predicted octanol–water partition coefficient (Wildman–Crippen LogP) is 3.14. The van der Waals surface area contributed by atoms with Gasteiger partial charge in [-0.15, -0.1) is 0 Å². The van der Waals surface area contributed by atoms with Crippen molar-refractivity contribution in [3.63, 3.8) is 0 Å². The van der Waals surface area contributed by atoms with Crippen LogP contribution in [0.5, 0.6) is 0 Å². The Hall–Kier alpha value is -1.68. The highest BCUT2D eigenvalue weighted by atomic mass is 19.1. The van der Waals surface area contributed by atoms with Gasteiger partial charge >= 0.3 is 0 Å². The van der Waals surface area contributed by atoms with E-state index in [9.17, 15) is 4.39 Å². The Morgan fingerprint density at radius 2 is 2.16 bits per heavy atom. The van der Waals surface area contributed by atoms with Crippen LogP contribution in [0.25, 0.3) is 0 Å². The number of rotatable bonds is 6. The van der Waals surface area contributed by atoms with Crippen molar-refractivity contribution in [3.05, 3.63) is 53.1 Å². The molecule has 0 spiro atoms. The molecule has 1 atom stereocenters. The summed E-state index contributed by atoms with van der Waals surface area (Å²) in [4.78, 5) is 0. The number of aromatic nitrogens is 2. The number of H-pyrrole nitrogens is 1. The van der Waals surface area contributed by atoms with Crippen LogP contribution in [-0.4, -0.2) is 16.7 Å². The largest absolute Gasteiger partial charge is 0.310 e. The van der Waals surface area contributed by atoms with Crippen LogP contribution in [0.15, 0.2) is 30.5 Å². The Morgan fingerprint density at radius 3 is 2.84 bits per heavy atom. The maximum absolute atomic E-state index is 13.6. The van der Waals surface area contributed by atoms with Crippen molar-refractivity contribution in [1.29, 1.82) is 0 Å². The second-order valence-electron chi connectivity index (χ2n) is 4.82. The molecule has 0 aliphatic heterocycles. The molecule has 0 amide bonds. The Balaban J connectivity index is 1.77. The van der Waals surface area contributed by atoms with Crippen LogP contribution in [-0.2, 0) is 6.42 Å². The smallest absolute Gasteiger partial charge is 0.127 e. The van der Waals surface area contributed by atoms with E-state index in [1.54, 1.807) is 6.07 Å². The lowest BCUT2D eigenvalue weighted by Gasteiger charge is -2.14. The quantitative estimate of drug-likeness (QED) is 0.784. The summed E-state index contributed by atoms with van der Waals surface area (Å²) in [6.07, 6.45) is 3.87. The zero-order chi connectivity index (χ0) is 13.7. The van der Waals surface area contributed by atoms with Gasteiger partial charge in [-0.2, -0.15) is 5.10 Å². The van der Waals surface area contributed by atoms with E-state index >= 15 is 0 Å². The molecule has 19 heavy (non-hydrogen) atoms. The van der Waals surface area contributed by atoms with E-state index in [1.165, 1.54) is 11.6 Å². The van der Waals surface area contributed by atoms with Crippen molar-refractivity contribution >= 4 is 0 Å². The molecule has 1 heterocycles. The molecule has 2 N–H and O–H groups in total. The first-order chi connectivity index (χ1) is 9.18. The van der Waals surface area contributed by atoms with Crippen molar-refractivity contribution in [2.45, 2.75) is 32.7 Å². The molecule has 2 aromatic rings. The van der Waals surface area contributed by atoms with Gasteiger partial charge in [0, 0.05) is 17.3 Å². The molecular formula is C15H20FN3. The standard InChI is InChI=1S/C15H20FN3/c1-11-13(10-18-19-11)6-5-9-17-12(2)14-7-3-4-8-15(14)16/h3-4,7-8,10,12,17H,5-6,9H2,1-2H3,(H,18,19). The van der Waals surface area contributed by atoms with E-state index < -0.39 is 0 Å². The summed E-state index contributed by atoms with van der Waals surface area (Å²) in [6, 6.07) is 6.94. The number of hydrogen-bond acceptors (Lipinski definition) is 2. The SMILES string of the molecule is Cc1[nH]ncc1CCCNC(C)c1ccccc1F. The fraction of sp³-hybridized carbons (Fsp3) is 0.400. The summed E-state index contributed by atoms with van der Waals surface area (Å²) in [6.45, 7) is 4.87. The first kappa shape index (κ1) is 13.7. The highest BCUT2D eigenvalue weighted by Crippen LogP contribution is 2.16. The molecule has 2 rings (SSSR count). The van der Waals surface area contributed by atoms with Crippen LogP contribution in [0.1, 0.15) is 36.2 Å². The Bertz CT molecular complexity index is 522. The molecule has 0 fully saturated rings. The summed E-state index contributed by atoms with van der Waals surface area (Å²) in [5.41, 5.74) is 3.10. The summed E-state index contributed by atoms with van der Waals surface area (Å²) in [5.74, 6) is -0.145. The van der Waals surface area contributed by atoms with E-state index in [4.69, 9.17) is 0 Å². The Kier molecular flexibility index (Phi) is 4.68. The Labute approximate surface area is 113 Å². The van der Waals surface area contributed by atoms with E-state index in [0.29, 0.717) is 0 Å². The minimum absolute atomic E-state index is 0.0339. The molecular weight excluding hydrogens is 241 g/mol. The fourth-order valence-corrected chi connectivity index (χ4v) is 2.16. The normalized spacial score (nSPS) is 12.6. The van der Waals surface area contributed by atoms with Crippen LogP contribution in [0.2, 0.25) is 0 Å². The van der Waals surface area contributed by atoms with Gasteiger partial charge < -0.3 is 5.32 Å². The van der Waals surface area contributed by atoms with Crippen molar-refractivity contribution in [2.75, 3.05) is 6.54 Å². The average molecular weight is 261 g/mol. The second kappa shape index (κ2) is 6.48. The summed E-state index contributed by atoms with van der Waals surface area (Å²) < 4.78 is 13.6. The van der Waals surface area contributed by atoms with Gasteiger partial charge in [0.05, 0.1) is 6.20 Å². The number of benzene rings is 1. The van der Waals surface area contributed by atoms with Crippen LogP contribution in [0.4, 0.5) is 4.39 Å². The highest BCUT2D eigenvalue weighted by Gasteiger charge is 2.09. The lowest BCUT2D eigenvalue weighted by molar-refractivity contribution is 0.521. The fourth-order valence-electron chi connectivity index (χ4n) is 2.16. The van der Waals surface area contributed by atoms with Gasteiger partial charge in [-0.25, -0.2) is 4.39 Å². The Morgan fingerprint density at radius 1 is 1.37 bits per heavy atom. The monoisotopic (exact) mass is 261 g/mol. The summed E-state index contributed by atoms with van der Waals surface area (Å²) >= 11 is 0. The van der Waals surface area contributed by atoms with Gasteiger partial charge in [0.1, 0.15) is 5.82 Å². The topological polar surface area (TPSA) is 40.7 Å². The van der Waals surface area contributed by atoms with Gasteiger partial charge in [-0.05, 0) is 44.9 Å². The van der Waals surface area contributed by atoms with Crippen molar-refractivity contribution in [2.24, 2.45) is 0 Å². The van der Waals surface area contributed by atoms with Crippen molar-refractivity contribution in [3.8, 4) is 0 Å². The number of hydrogen-bond donors (Lipinski definition) is 2.